The number of carbonyl (C=O) groups is 1. The van der Waals surface area contributed by atoms with Crippen LogP contribution in [0.25, 0.3) is 11.0 Å². The molecule has 3 aromatic rings. The van der Waals surface area contributed by atoms with Gasteiger partial charge in [0.25, 0.3) is 5.91 Å². The number of aryl methyl sites for hydroxylation is 2. The van der Waals surface area contributed by atoms with Crippen LogP contribution in [0.1, 0.15) is 35.6 Å². The maximum absolute atomic E-state index is 12.4. The number of nitrogens with one attached hydrogen (secondary N) is 1. The Bertz CT molecular complexity index is 1020. The van der Waals surface area contributed by atoms with Crippen molar-refractivity contribution in [3.8, 4) is 11.5 Å². The largest absolute Gasteiger partial charge is 0.493 e. The Labute approximate surface area is 164 Å². The van der Waals surface area contributed by atoms with Crippen molar-refractivity contribution in [3.63, 3.8) is 0 Å². The number of aromatic nitrogens is 2. The Kier molecular flexibility index (Phi) is 5.93. The minimum Gasteiger partial charge on any atom is -0.493 e. The summed E-state index contributed by atoms with van der Waals surface area (Å²) in [6.45, 7) is 7.30. The van der Waals surface area contributed by atoms with Crippen LogP contribution in [0.15, 0.2) is 41.5 Å². The second kappa shape index (κ2) is 8.56. The Morgan fingerprint density at radius 1 is 1.21 bits per heavy atom. The zero-order chi connectivity index (χ0) is 20.1. The summed E-state index contributed by atoms with van der Waals surface area (Å²) in [6.07, 6.45) is 1.56. The summed E-state index contributed by atoms with van der Waals surface area (Å²) in [6, 6.07) is 10.9. The normalized spacial score (nSPS) is 11.1. The number of amides is 1. The van der Waals surface area contributed by atoms with Gasteiger partial charge in [-0.2, -0.15) is 5.10 Å². The lowest BCUT2D eigenvalue weighted by Gasteiger charge is -2.09. The van der Waals surface area contributed by atoms with E-state index in [4.69, 9.17) is 9.47 Å². The van der Waals surface area contributed by atoms with Crippen molar-refractivity contribution < 1.29 is 14.3 Å². The second-order valence-electron chi connectivity index (χ2n) is 6.15. The van der Waals surface area contributed by atoms with Gasteiger partial charge in [0, 0.05) is 12.1 Å². The maximum Gasteiger partial charge on any atom is 0.271 e. The third-order valence-electron chi connectivity index (χ3n) is 4.38. The first-order chi connectivity index (χ1) is 13.6. The van der Waals surface area contributed by atoms with Crippen LogP contribution in [0.2, 0.25) is 0 Å². The molecule has 0 aliphatic carbocycles. The molecule has 146 valence electrons. The number of ether oxygens (including phenoxy) is 2. The lowest BCUT2D eigenvalue weighted by molar-refractivity contribution is 0.0955. The van der Waals surface area contributed by atoms with E-state index in [0.717, 1.165) is 29.0 Å². The zero-order valence-corrected chi connectivity index (χ0v) is 16.5. The fraction of sp³-hybridized carbons (Fsp3) is 0.286. The van der Waals surface area contributed by atoms with Crippen molar-refractivity contribution in [2.75, 3.05) is 13.7 Å². The third-order valence-corrected chi connectivity index (χ3v) is 4.38. The van der Waals surface area contributed by atoms with Gasteiger partial charge in [0.15, 0.2) is 11.5 Å². The molecule has 0 saturated carbocycles. The topological polar surface area (TPSA) is 77.7 Å². The van der Waals surface area contributed by atoms with E-state index in [1.54, 1.807) is 31.5 Å². The van der Waals surface area contributed by atoms with Gasteiger partial charge >= 0.3 is 0 Å². The first-order valence-corrected chi connectivity index (χ1v) is 9.18. The van der Waals surface area contributed by atoms with E-state index < -0.39 is 0 Å². The monoisotopic (exact) mass is 380 g/mol. The molecule has 0 saturated heterocycles. The molecule has 0 bridgehead atoms. The van der Waals surface area contributed by atoms with E-state index in [9.17, 15) is 4.79 Å². The highest BCUT2D eigenvalue weighted by atomic mass is 16.5. The summed E-state index contributed by atoms with van der Waals surface area (Å²) in [4.78, 5) is 16.9. The van der Waals surface area contributed by atoms with Crippen LogP contribution < -0.4 is 14.9 Å². The Morgan fingerprint density at radius 2 is 2.04 bits per heavy atom. The molecule has 28 heavy (non-hydrogen) atoms. The molecular weight excluding hydrogens is 356 g/mol. The highest BCUT2D eigenvalue weighted by molar-refractivity contribution is 5.98. The molecule has 2 aromatic carbocycles. The van der Waals surface area contributed by atoms with Gasteiger partial charge in [0.05, 0.1) is 31.0 Å². The summed E-state index contributed by atoms with van der Waals surface area (Å²) in [7, 11) is 1.59. The van der Waals surface area contributed by atoms with Gasteiger partial charge in [-0.1, -0.05) is 0 Å². The van der Waals surface area contributed by atoms with Gasteiger partial charge in [0.1, 0.15) is 5.82 Å². The predicted molar refractivity (Wildman–Crippen MR) is 109 cm³/mol. The third kappa shape index (κ3) is 3.98. The van der Waals surface area contributed by atoms with E-state index in [2.05, 4.69) is 27.0 Å². The Balaban J connectivity index is 1.73. The molecule has 7 nitrogen and oxygen atoms in total. The minimum absolute atomic E-state index is 0.291. The van der Waals surface area contributed by atoms with E-state index in [-0.39, 0.29) is 5.91 Å². The molecule has 0 spiro atoms. The van der Waals surface area contributed by atoms with Crippen molar-refractivity contribution >= 4 is 23.2 Å². The SMILES string of the molecule is CCOc1cc(/C=N\NC(=O)c2ccc3c(c2)nc(C)n3CC)ccc1OC. The van der Waals surface area contributed by atoms with E-state index in [1.807, 2.05) is 32.0 Å². The van der Waals surface area contributed by atoms with Crippen LogP contribution in [-0.2, 0) is 6.54 Å². The van der Waals surface area contributed by atoms with Crippen LogP contribution in [0.4, 0.5) is 0 Å². The summed E-state index contributed by atoms with van der Waals surface area (Å²) < 4.78 is 12.9. The van der Waals surface area contributed by atoms with Crippen LogP contribution in [0.3, 0.4) is 0 Å². The number of hydrazone groups is 1. The summed E-state index contributed by atoms with van der Waals surface area (Å²) in [5.74, 6) is 1.92. The second-order valence-corrected chi connectivity index (χ2v) is 6.15. The summed E-state index contributed by atoms with van der Waals surface area (Å²) in [5.41, 5.74) is 5.66. The average molecular weight is 380 g/mol. The standard InChI is InChI=1S/C21H24N4O3/c1-5-25-14(3)23-17-12-16(8-9-18(17)25)21(26)24-22-13-15-7-10-19(27-4)20(11-15)28-6-2/h7-13H,5-6H2,1-4H3,(H,24,26)/b22-13-. The first-order valence-electron chi connectivity index (χ1n) is 9.18. The smallest absolute Gasteiger partial charge is 0.271 e. The van der Waals surface area contributed by atoms with E-state index >= 15 is 0 Å². The van der Waals surface area contributed by atoms with Gasteiger partial charge in [-0.25, -0.2) is 10.4 Å². The van der Waals surface area contributed by atoms with Crippen LogP contribution in [-0.4, -0.2) is 35.4 Å². The van der Waals surface area contributed by atoms with Crippen LogP contribution in [0.5, 0.6) is 11.5 Å². The number of fused-ring (bicyclic) bond motifs is 1. The molecule has 1 amide bonds. The molecular formula is C21H24N4O3. The van der Waals surface area contributed by atoms with Gasteiger partial charge < -0.3 is 14.0 Å². The molecule has 0 atom stereocenters. The van der Waals surface area contributed by atoms with Crippen molar-refractivity contribution in [1.82, 2.24) is 15.0 Å². The zero-order valence-electron chi connectivity index (χ0n) is 16.5. The lowest BCUT2D eigenvalue weighted by Crippen LogP contribution is -2.17. The Hall–Kier alpha value is -3.35. The molecule has 1 aromatic heterocycles. The number of nitrogens with zero attached hydrogens (tertiary/aromatic N) is 3. The molecule has 0 aliphatic rings. The quantitative estimate of drug-likeness (QED) is 0.502. The fourth-order valence-electron chi connectivity index (χ4n) is 3.06. The summed E-state index contributed by atoms with van der Waals surface area (Å²) in [5, 5.41) is 4.05. The molecule has 1 heterocycles. The van der Waals surface area contributed by atoms with E-state index in [0.29, 0.717) is 23.7 Å². The van der Waals surface area contributed by atoms with Gasteiger partial charge in [-0.05, 0) is 62.7 Å². The van der Waals surface area contributed by atoms with Gasteiger partial charge in [-0.15, -0.1) is 0 Å². The highest BCUT2D eigenvalue weighted by Gasteiger charge is 2.10. The van der Waals surface area contributed by atoms with Gasteiger partial charge in [0.2, 0.25) is 0 Å². The average Bonchev–Trinajstić information content (AvgIpc) is 3.02. The number of benzene rings is 2. The number of carbonyl (C=O) groups excluding carboxylic acids is 1. The molecule has 0 fully saturated rings. The van der Waals surface area contributed by atoms with Crippen molar-refractivity contribution in [1.29, 1.82) is 0 Å². The minimum atomic E-state index is -0.291. The number of methoxy groups -OCH3 is 1. The number of imidazole rings is 1. The molecule has 0 aliphatic heterocycles. The molecule has 1 N–H and O–H groups in total. The fourth-order valence-corrected chi connectivity index (χ4v) is 3.06. The number of hydrogen-bond acceptors (Lipinski definition) is 5. The van der Waals surface area contributed by atoms with Crippen molar-refractivity contribution in [3.05, 3.63) is 53.3 Å². The first kappa shape index (κ1) is 19.4. The van der Waals surface area contributed by atoms with E-state index in [1.165, 1.54) is 0 Å². The Morgan fingerprint density at radius 3 is 2.75 bits per heavy atom. The van der Waals surface area contributed by atoms with Crippen LogP contribution in [0, 0.1) is 6.92 Å². The molecule has 7 heteroatoms. The number of rotatable bonds is 7. The highest BCUT2D eigenvalue weighted by Crippen LogP contribution is 2.27. The number of hydrogen-bond donors (Lipinski definition) is 1. The lowest BCUT2D eigenvalue weighted by atomic mass is 10.2. The van der Waals surface area contributed by atoms with Gasteiger partial charge in [-0.3, -0.25) is 4.79 Å². The van der Waals surface area contributed by atoms with Crippen molar-refractivity contribution in [2.24, 2.45) is 5.10 Å². The van der Waals surface area contributed by atoms with Crippen molar-refractivity contribution in [2.45, 2.75) is 27.3 Å². The summed E-state index contributed by atoms with van der Waals surface area (Å²) >= 11 is 0. The maximum atomic E-state index is 12.4. The van der Waals surface area contributed by atoms with Crippen LogP contribution >= 0.6 is 0 Å². The molecule has 0 unspecified atom stereocenters. The predicted octanol–water partition coefficient (Wildman–Crippen LogP) is 3.54. The molecule has 3 rings (SSSR count). The molecule has 0 radical (unpaired) electrons.